The van der Waals surface area contributed by atoms with Gasteiger partial charge in [0.1, 0.15) is 0 Å². The second-order valence-corrected chi connectivity index (χ2v) is 11.0. The molecule has 8 aromatic rings. The van der Waals surface area contributed by atoms with Gasteiger partial charge in [-0.05, 0) is 82.9 Å². The molecule has 0 N–H and O–H groups in total. The largest absolute Gasteiger partial charge is 0.311 e. The number of para-hydroxylation sites is 3. The minimum atomic E-state index is 0. The van der Waals surface area contributed by atoms with E-state index in [1.807, 2.05) is 0 Å². The molecule has 0 amide bonds. The first-order chi connectivity index (χ1) is 21.8. The summed E-state index contributed by atoms with van der Waals surface area (Å²) in [5, 5.41) is 2.56. The number of hydrogen-bond acceptors (Lipinski definition) is 1. The normalized spacial score (nSPS) is 10.7. The van der Waals surface area contributed by atoms with Gasteiger partial charge in [0.05, 0.1) is 11.0 Å². The van der Waals surface area contributed by atoms with Crippen molar-refractivity contribution in [2.45, 2.75) is 14.9 Å². The van der Waals surface area contributed by atoms with E-state index in [0.29, 0.717) is 0 Å². The lowest BCUT2D eigenvalue weighted by Crippen LogP contribution is -2.09. The molecule has 224 valence electrons. The lowest BCUT2D eigenvalue weighted by molar-refractivity contribution is 1.18. The van der Waals surface area contributed by atoms with Crippen LogP contribution in [-0.2, 0) is 0 Å². The molecule has 0 fully saturated rings. The van der Waals surface area contributed by atoms with Crippen LogP contribution in [0.4, 0.5) is 17.1 Å². The number of anilines is 3. The van der Waals surface area contributed by atoms with Gasteiger partial charge in [-0.2, -0.15) is 0 Å². The second-order valence-electron chi connectivity index (χ2n) is 11.0. The molecule has 8 rings (SSSR count). The van der Waals surface area contributed by atoms with Crippen molar-refractivity contribution in [1.82, 2.24) is 4.57 Å². The third kappa shape index (κ3) is 5.46. The number of hydrogen-bond donors (Lipinski definition) is 0. The molecular weight excluding hydrogens is 556 g/mol. The topological polar surface area (TPSA) is 8.17 Å². The molecule has 0 atom stereocenters. The summed E-state index contributed by atoms with van der Waals surface area (Å²) in [6.07, 6.45) is 0. The summed E-state index contributed by atoms with van der Waals surface area (Å²) in [5.41, 5.74) is 11.8. The van der Waals surface area contributed by atoms with Gasteiger partial charge in [0.25, 0.3) is 0 Å². The highest BCUT2D eigenvalue weighted by atomic mass is 15.1. The third-order valence-corrected chi connectivity index (χ3v) is 8.41. The Morgan fingerprint density at radius 2 is 0.652 bits per heavy atom. The lowest BCUT2D eigenvalue weighted by Gasteiger charge is -2.26. The van der Waals surface area contributed by atoms with Crippen LogP contribution in [0.3, 0.4) is 0 Å². The van der Waals surface area contributed by atoms with E-state index in [1.54, 1.807) is 0 Å². The summed E-state index contributed by atoms with van der Waals surface area (Å²) >= 11 is 0. The third-order valence-electron chi connectivity index (χ3n) is 8.41. The fourth-order valence-corrected chi connectivity index (χ4v) is 6.26. The Bertz CT molecular complexity index is 2120. The molecule has 0 saturated heterocycles. The van der Waals surface area contributed by atoms with Crippen LogP contribution < -0.4 is 4.90 Å². The SMILES string of the molecule is C.C.c1ccc(-c2ccc(N(c3ccccc3)c3ccc(-c4ccc(-n5c6ccccc6c6ccccc65)cc4)cc3)cc2)cc1. The Balaban J connectivity index is 0.00000186. The van der Waals surface area contributed by atoms with E-state index in [1.165, 1.54) is 44.1 Å². The van der Waals surface area contributed by atoms with Crippen LogP contribution in [0.25, 0.3) is 49.7 Å². The summed E-state index contributed by atoms with van der Waals surface area (Å²) in [5.74, 6) is 0. The van der Waals surface area contributed by atoms with Crippen molar-refractivity contribution < 1.29 is 0 Å². The van der Waals surface area contributed by atoms with Crippen molar-refractivity contribution in [3.63, 3.8) is 0 Å². The Morgan fingerprint density at radius 1 is 0.304 bits per heavy atom. The van der Waals surface area contributed by atoms with Crippen molar-refractivity contribution in [2.24, 2.45) is 0 Å². The van der Waals surface area contributed by atoms with E-state index >= 15 is 0 Å². The van der Waals surface area contributed by atoms with Gasteiger partial charge < -0.3 is 9.47 Å². The molecule has 0 aliphatic carbocycles. The highest BCUT2D eigenvalue weighted by molar-refractivity contribution is 6.09. The fraction of sp³-hybridized carbons (Fsp3) is 0.0455. The van der Waals surface area contributed by atoms with E-state index in [9.17, 15) is 0 Å². The van der Waals surface area contributed by atoms with Gasteiger partial charge in [0, 0.05) is 33.5 Å². The number of nitrogens with zero attached hydrogens (tertiary/aromatic N) is 2. The molecular formula is C44H38N2. The van der Waals surface area contributed by atoms with E-state index < -0.39 is 0 Å². The zero-order chi connectivity index (χ0) is 29.3. The molecule has 0 aliphatic heterocycles. The molecule has 1 heterocycles. The molecule has 7 aromatic carbocycles. The fourth-order valence-electron chi connectivity index (χ4n) is 6.26. The summed E-state index contributed by atoms with van der Waals surface area (Å²) in [6, 6.07) is 65.0. The van der Waals surface area contributed by atoms with Gasteiger partial charge in [0.15, 0.2) is 0 Å². The zero-order valence-electron chi connectivity index (χ0n) is 24.2. The highest BCUT2D eigenvalue weighted by Gasteiger charge is 2.14. The number of rotatable bonds is 6. The van der Waals surface area contributed by atoms with Crippen LogP contribution in [0, 0.1) is 0 Å². The Kier molecular flexibility index (Phi) is 8.54. The Hall–Kier alpha value is -5.86. The summed E-state index contributed by atoms with van der Waals surface area (Å²) in [6.45, 7) is 0. The molecule has 0 saturated carbocycles. The lowest BCUT2D eigenvalue weighted by atomic mass is 10.0. The smallest absolute Gasteiger partial charge is 0.0541 e. The zero-order valence-corrected chi connectivity index (χ0v) is 24.2. The monoisotopic (exact) mass is 594 g/mol. The van der Waals surface area contributed by atoms with Gasteiger partial charge in [-0.25, -0.2) is 0 Å². The van der Waals surface area contributed by atoms with Crippen LogP contribution in [0.1, 0.15) is 14.9 Å². The average molecular weight is 595 g/mol. The first-order valence-corrected chi connectivity index (χ1v) is 15.0. The van der Waals surface area contributed by atoms with Gasteiger partial charge >= 0.3 is 0 Å². The predicted octanol–water partition coefficient (Wildman–Crippen LogP) is 12.9. The molecule has 0 spiro atoms. The van der Waals surface area contributed by atoms with E-state index in [0.717, 1.165) is 22.7 Å². The first-order valence-electron chi connectivity index (χ1n) is 15.0. The summed E-state index contributed by atoms with van der Waals surface area (Å²) < 4.78 is 2.36. The Morgan fingerprint density at radius 3 is 1.13 bits per heavy atom. The van der Waals surface area contributed by atoms with Crippen molar-refractivity contribution in [2.75, 3.05) is 4.90 Å². The van der Waals surface area contributed by atoms with Crippen molar-refractivity contribution in [3.05, 3.63) is 182 Å². The molecule has 0 aliphatic rings. The minimum Gasteiger partial charge on any atom is -0.311 e. The second kappa shape index (κ2) is 13.0. The molecule has 2 nitrogen and oxygen atoms in total. The maximum atomic E-state index is 2.36. The molecule has 0 unspecified atom stereocenters. The quantitative estimate of drug-likeness (QED) is 0.186. The van der Waals surface area contributed by atoms with E-state index in [-0.39, 0.29) is 14.9 Å². The van der Waals surface area contributed by atoms with Crippen LogP contribution in [0.2, 0.25) is 0 Å². The van der Waals surface area contributed by atoms with Crippen molar-refractivity contribution in [1.29, 1.82) is 0 Å². The molecule has 1 aromatic heterocycles. The molecule has 2 heteroatoms. The molecule has 0 radical (unpaired) electrons. The van der Waals surface area contributed by atoms with E-state index in [2.05, 4.69) is 191 Å². The molecule has 46 heavy (non-hydrogen) atoms. The van der Waals surface area contributed by atoms with E-state index in [4.69, 9.17) is 0 Å². The minimum absolute atomic E-state index is 0. The first kappa shape index (κ1) is 30.2. The Labute approximate surface area is 272 Å². The number of benzene rings is 7. The summed E-state index contributed by atoms with van der Waals surface area (Å²) in [7, 11) is 0. The van der Waals surface area contributed by atoms with Gasteiger partial charge in [-0.1, -0.05) is 136 Å². The van der Waals surface area contributed by atoms with Crippen molar-refractivity contribution >= 4 is 38.9 Å². The number of fused-ring (bicyclic) bond motifs is 3. The van der Waals surface area contributed by atoms with Crippen molar-refractivity contribution in [3.8, 4) is 27.9 Å². The van der Waals surface area contributed by atoms with Gasteiger partial charge in [0.2, 0.25) is 0 Å². The maximum absolute atomic E-state index is 2.36. The highest BCUT2D eigenvalue weighted by Crippen LogP contribution is 2.37. The summed E-state index contributed by atoms with van der Waals surface area (Å²) in [4.78, 5) is 2.31. The van der Waals surface area contributed by atoms with Crippen LogP contribution in [0.5, 0.6) is 0 Å². The maximum Gasteiger partial charge on any atom is 0.0541 e. The standard InChI is InChI=1S/C42H30N2.2CH4/c1-3-11-31(12-4-1)32-19-25-36(26-20-32)43(35-13-5-2-6-14-35)37-27-21-33(22-28-37)34-23-29-38(30-24-34)44-41-17-9-7-15-39(41)40-16-8-10-18-42(40)44;;/h1-30H;2*1H4. The predicted molar refractivity (Wildman–Crippen MR) is 200 cm³/mol. The van der Waals surface area contributed by atoms with Crippen LogP contribution in [-0.4, -0.2) is 4.57 Å². The van der Waals surface area contributed by atoms with Gasteiger partial charge in [-0.3, -0.25) is 0 Å². The average Bonchev–Trinajstić information content (AvgIpc) is 3.44. The van der Waals surface area contributed by atoms with Crippen LogP contribution in [0.15, 0.2) is 182 Å². The molecule has 0 bridgehead atoms. The van der Waals surface area contributed by atoms with Gasteiger partial charge in [-0.15, -0.1) is 0 Å². The van der Waals surface area contributed by atoms with Crippen LogP contribution >= 0.6 is 0 Å². The number of aromatic nitrogens is 1.